The van der Waals surface area contributed by atoms with E-state index in [1.54, 1.807) is 12.1 Å². The molecule has 1 saturated heterocycles. The van der Waals surface area contributed by atoms with Crippen LogP contribution in [0.25, 0.3) is 0 Å². The largest absolute Gasteiger partial charge is 0.467 e. The van der Waals surface area contributed by atoms with Crippen molar-refractivity contribution in [2.75, 3.05) is 12.4 Å². The average molecular weight is 425 g/mol. The van der Waals surface area contributed by atoms with Crippen molar-refractivity contribution in [1.82, 2.24) is 25.2 Å². The lowest BCUT2D eigenvalue weighted by Crippen LogP contribution is -2.54. The maximum Gasteiger partial charge on any atom is 0.321 e. The molecule has 1 unspecified atom stereocenters. The van der Waals surface area contributed by atoms with Gasteiger partial charge in [-0.25, -0.2) is 0 Å². The Hall–Kier alpha value is -3.93. The van der Waals surface area contributed by atoms with Crippen LogP contribution in [0, 0.1) is 0 Å². The van der Waals surface area contributed by atoms with Crippen LogP contribution in [-0.4, -0.2) is 56.6 Å². The summed E-state index contributed by atoms with van der Waals surface area (Å²) in [4.78, 5) is 62.8. The minimum absolute atomic E-state index is 0.0584. The number of carbonyl (C=O) groups excluding carboxylic acids is 4. The molecule has 12 nitrogen and oxygen atoms in total. The second-order valence-corrected chi connectivity index (χ2v) is 6.91. The summed E-state index contributed by atoms with van der Waals surface area (Å²) in [6.45, 7) is 0.213. The second-order valence-electron chi connectivity index (χ2n) is 6.91. The van der Waals surface area contributed by atoms with E-state index in [1.807, 2.05) is 0 Å². The molecule has 2 aliphatic heterocycles. The summed E-state index contributed by atoms with van der Waals surface area (Å²) in [5.41, 5.74) is 6.51. The Bertz CT molecular complexity index is 1080. The highest BCUT2D eigenvalue weighted by Gasteiger charge is 2.45. The van der Waals surface area contributed by atoms with Crippen LogP contribution in [0.5, 0.6) is 6.01 Å². The smallest absolute Gasteiger partial charge is 0.321 e. The summed E-state index contributed by atoms with van der Waals surface area (Å²) in [5.74, 6) is -1.71. The molecule has 2 aliphatic rings. The molecule has 0 saturated carbocycles. The maximum atomic E-state index is 13.1. The summed E-state index contributed by atoms with van der Waals surface area (Å²) in [6, 6.07) is 3.93. The molecule has 1 fully saturated rings. The number of ether oxygens (including phenoxy) is 1. The quantitative estimate of drug-likeness (QED) is 0.506. The predicted octanol–water partition coefficient (Wildman–Crippen LogP) is -0.648. The maximum absolute atomic E-state index is 13.1. The SMILES string of the molecule is COc1nc(CN)nc(NCc2cccc3c2C(=O)N(C2CCC(=O)NC2=O)C3=O)n1. The number of hydrogen-bond acceptors (Lipinski definition) is 10. The first-order chi connectivity index (χ1) is 14.9. The molecule has 3 heterocycles. The molecule has 4 rings (SSSR count). The van der Waals surface area contributed by atoms with Crippen molar-refractivity contribution in [1.29, 1.82) is 0 Å². The third-order valence-corrected chi connectivity index (χ3v) is 5.02. The lowest BCUT2D eigenvalue weighted by atomic mass is 10.0. The first-order valence-corrected chi connectivity index (χ1v) is 9.49. The normalized spacial score (nSPS) is 18.1. The molecular formula is C19H19N7O5. The van der Waals surface area contributed by atoms with Crippen LogP contribution in [0.15, 0.2) is 18.2 Å². The summed E-state index contributed by atoms with van der Waals surface area (Å²) in [5, 5.41) is 5.16. The number of piperidine rings is 1. The molecule has 2 aromatic rings. The number of aromatic nitrogens is 3. The van der Waals surface area contributed by atoms with Gasteiger partial charge in [-0.05, 0) is 18.1 Å². The summed E-state index contributed by atoms with van der Waals surface area (Å²) in [7, 11) is 1.41. The molecule has 1 aromatic carbocycles. The van der Waals surface area contributed by atoms with E-state index in [0.717, 1.165) is 4.90 Å². The zero-order valence-electron chi connectivity index (χ0n) is 16.5. The molecule has 1 aromatic heterocycles. The number of methoxy groups -OCH3 is 1. The van der Waals surface area contributed by atoms with Crippen LogP contribution < -0.4 is 21.1 Å². The van der Waals surface area contributed by atoms with E-state index in [0.29, 0.717) is 11.4 Å². The van der Waals surface area contributed by atoms with Gasteiger partial charge >= 0.3 is 6.01 Å². The molecule has 4 amide bonds. The van der Waals surface area contributed by atoms with Crippen LogP contribution in [0.4, 0.5) is 5.95 Å². The Kier molecular flexibility index (Phi) is 5.29. The van der Waals surface area contributed by atoms with Gasteiger partial charge in [0.1, 0.15) is 6.04 Å². The Morgan fingerprint density at radius 3 is 2.71 bits per heavy atom. The molecule has 0 bridgehead atoms. The molecule has 31 heavy (non-hydrogen) atoms. The van der Waals surface area contributed by atoms with Crippen molar-refractivity contribution in [3.05, 3.63) is 40.7 Å². The van der Waals surface area contributed by atoms with Gasteiger partial charge in [-0.1, -0.05) is 12.1 Å². The highest BCUT2D eigenvalue weighted by atomic mass is 16.5. The van der Waals surface area contributed by atoms with Crippen molar-refractivity contribution < 1.29 is 23.9 Å². The minimum atomic E-state index is -1.02. The number of anilines is 1. The van der Waals surface area contributed by atoms with Crippen LogP contribution >= 0.6 is 0 Å². The van der Waals surface area contributed by atoms with Gasteiger partial charge < -0.3 is 15.8 Å². The lowest BCUT2D eigenvalue weighted by Gasteiger charge is -2.27. The molecule has 0 spiro atoms. The zero-order valence-corrected chi connectivity index (χ0v) is 16.5. The van der Waals surface area contributed by atoms with Crippen LogP contribution in [0.3, 0.4) is 0 Å². The number of nitrogens with two attached hydrogens (primary N) is 1. The molecule has 0 radical (unpaired) electrons. The number of nitrogens with one attached hydrogen (secondary N) is 2. The molecule has 12 heteroatoms. The van der Waals surface area contributed by atoms with Gasteiger partial charge in [-0.2, -0.15) is 15.0 Å². The number of amides is 4. The van der Waals surface area contributed by atoms with Crippen molar-refractivity contribution >= 4 is 29.6 Å². The van der Waals surface area contributed by atoms with E-state index >= 15 is 0 Å². The van der Waals surface area contributed by atoms with Gasteiger partial charge in [0.15, 0.2) is 5.82 Å². The van der Waals surface area contributed by atoms with E-state index in [4.69, 9.17) is 10.5 Å². The fourth-order valence-corrected chi connectivity index (χ4v) is 3.57. The lowest BCUT2D eigenvalue weighted by molar-refractivity contribution is -0.136. The van der Waals surface area contributed by atoms with Crippen LogP contribution in [-0.2, 0) is 22.7 Å². The summed E-state index contributed by atoms with van der Waals surface area (Å²) in [6.07, 6.45) is 0.152. The van der Waals surface area contributed by atoms with Crippen LogP contribution in [0.1, 0.15) is 44.9 Å². The number of rotatable bonds is 6. The average Bonchev–Trinajstić information content (AvgIpc) is 3.03. The minimum Gasteiger partial charge on any atom is -0.467 e. The van der Waals surface area contributed by atoms with Gasteiger partial charge in [-0.15, -0.1) is 0 Å². The number of nitrogens with zero attached hydrogens (tertiary/aromatic N) is 4. The number of carbonyl (C=O) groups is 4. The third kappa shape index (κ3) is 3.68. The van der Waals surface area contributed by atoms with Crippen molar-refractivity contribution in [3.8, 4) is 6.01 Å². The number of imide groups is 2. The molecule has 4 N–H and O–H groups in total. The highest BCUT2D eigenvalue weighted by Crippen LogP contribution is 2.30. The number of fused-ring (bicyclic) bond motifs is 1. The van der Waals surface area contributed by atoms with E-state index < -0.39 is 29.7 Å². The summed E-state index contributed by atoms with van der Waals surface area (Å²) < 4.78 is 5.03. The number of hydrogen-bond donors (Lipinski definition) is 3. The molecule has 1 atom stereocenters. The van der Waals surface area contributed by atoms with Crippen LogP contribution in [0.2, 0.25) is 0 Å². The third-order valence-electron chi connectivity index (χ3n) is 5.02. The Labute approximate surface area is 176 Å². The second kappa shape index (κ2) is 8.07. The summed E-state index contributed by atoms with van der Waals surface area (Å²) >= 11 is 0. The van der Waals surface area contributed by atoms with Gasteiger partial charge in [0.05, 0.1) is 24.8 Å². The van der Waals surface area contributed by atoms with E-state index in [2.05, 4.69) is 25.6 Å². The molecule has 0 aliphatic carbocycles. The van der Waals surface area contributed by atoms with Crippen molar-refractivity contribution in [3.63, 3.8) is 0 Å². The monoisotopic (exact) mass is 425 g/mol. The number of benzene rings is 1. The van der Waals surface area contributed by atoms with Gasteiger partial charge in [0.25, 0.3) is 11.8 Å². The zero-order chi connectivity index (χ0) is 22.1. The molecule has 160 valence electrons. The fourth-order valence-electron chi connectivity index (χ4n) is 3.57. The Balaban J connectivity index is 1.59. The van der Waals surface area contributed by atoms with Gasteiger partial charge in [0, 0.05) is 13.0 Å². The van der Waals surface area contributed by atoms with Gasteiger partial charge in [-0.3, -0.25) is 29.4 Å². The standard InChI is InChI=1S/C19H19N7O5/c1-31-19-23-12(7-20)22-18(25-19)21-8-9-3-2-4-10-14(9)17(30)26(16(10)29)11-5-6-13(27)24-15(11)28/h2-4,11H,5-8,20H2,1H3,(H,24,27,28)(H,21,22,23,25). The predicted molar refractivity (Wildman–Crippen MR) is 105 cm³/mol. The fraction of sp³-hybridized carbons (Fsp3) is 0.316. The van der Waals surface area contributed by atoms with E-state index in [-0.39, 0.29) is 49.0 Å². The topological polar surface area (TPSA) is 170 Å². The Morgan fingerprint density at radius 2 is 2.00 bits per heavy atom. The first-order valence-electron chi connectivity index (χ1n) is 9.49. The van der Waals surface area contributed by atoms with Crippen molar-refractivity contribution in [2.24, 2.45) is 5.73 Å². The van der Waals surface area contributed by atoms with E-state index in [9.17, 15) is 19.2 Å². The van der Waals surface area contributed by atoms with E-state index in [1.165, 1.54) is 13.2 Å². The van der Waals surface area contributed by atoms with Crippen molar-refractivity contribution in [2.45, 2.75) is 32.0 Å². The first kappa shape index (κ1) is 20.3. The molecular weight excluding hydrogens is 406 g/mol. The van der Waals surface area contributed by atoms with Gasteiger partial charge in [0.2, 0.25) is 17.8 Å². The highest BCUT2D eigenvalue weighted by molar-refractivity contribution is 6.24. The Morgan fingerprint density at radius 1 is 1.19 bits per heavy atom.